The number of pyridine rings is 1. The molecule has 2 fully saturated rings. The predicted octanol–water partition coefficient (Wildman–Crippen LogP) is 7.69. The molecule has 0 radical (unpaired) electrons. The second-order valence-electron chi connectivity index (χ2n) is 10.4. The first-order chi connectivity index (χ1) is 18.0. The third-order valence-corrected chi connectivity index (χ3v) is 7.40. The second-order valence-corrected chi connectivity index (χ2v) is 10.4. The van der Waals surface area contributed by atoms with Crippen LogP contribution >= 0.6 is 0 Å². The number of rotatable bonds is 8. The Kier molecular flexibility index (Phi) is 9.90. The highest BCUT2D eigenvalue weighted by molar-refractivity contribution is 5.46. The van der Waals surface area contributed by atoms with Gasteiger partial charge in [-0.1, -0.05) is 66.6 Å². The van der Waals surface area contributed by atoms with E-state index < -0.39 is 0 Å². The van der Waals surface area contributed by atoms with Crippen LogP contribution < -0.4 is 4.90 Å². The Morgan fingerprint density at radius 1 is 0.892 bits per heavy atom. The van der Waals surface area contributed by atoms with Crippen molar-refractivity contribution in [3.8, 4) is 0 Å². The van der Waals surface area contributed by atoms with Crippen molar-refractivity contribution in [3.63, 3.8) is 0 Å². The molecule has 37 heavy (non-hydrogen) atoms. The lowest BCUT2D eigenvalue weighted by Gasteiger charge is -2.36. The summed E-state index contributed by atoms with van der Waals surface area (Å²) in [4.78, 5) is 9.54. The Morgan fingerprint density at radius 3 is 2.11 bits per heavy atom. The quantitative estimate of drug-likeness (QED) is 0.296. The van der Waals surface area contributed by atoms with Crippen LogP contribution in [0.2, 0.25) is 0 Å². The summed E-state index contributed by atoms with van der Waals surface area (Å²) in [6.07, 6.45) is 10.4. The van der Waals surface area contributed by atoms with Gasteiger partial charge in [0.05, 0.1) is 0 Å². The van der Waals surface area contributed by atoms with Crippen LogP contribution in [0.1, 0.15) is 67.2 Å². The van der Waals surface area contributed by atoms with Crippen molar-refractivity contribution < 1.29 is 4.39 Å². The number of hydrogen-bond donors (Lipinski definition) is 0. The molecule has 2 aliphatic rings. The number of nitrogens with zero attached hydrogens (tertiary/aromatic N) is 3. The van der Waals surface area contributed by atoms with E-state index >= 15 is 0 Å². The number of hydrogen-bond acceptors (Lipinski definition) is 3. The van der Waals surface area contributed by atoms with Crippen LogP contribution in [0, 0.1) is 19.7 Å². The van der Waals surface area contributed by atoms with E-state index in [4.69, 9.17) is 0 Å². The fraction of sp³-hybridized carbons (Fsp3) is 0.424. The average molecular weight is 500 g/mol. The number of aryl methyl sites for hydroxylation is 2. The van der Waals surface area contributed by atoms with Gasteiger partial charge in [0.25, 0.3) is 0 Å². The van der Waals surface area contributed by atoms with E-state index in [0.717, 1.165) is 51.4 Å². The van der Waals surface area contributed by atoms with Crippen LogP contribution in [-0.4, -0.2) is 42.6 Å². The number of anilines is 1. The summed E-state index contributed by atoms with van der Waals surface area (Å²) in [5, 5.41) is 0. The van der Waals surface area contributed by atoms with Gasteiger partial charge in [0, 0.05) is 38.3 Å². The van der Waals surface area contributed by atoms with Crippen molar-refractivity contribution in [2.45, 2.75) is 58.8 Å². The molecule has 0 spiro atoms. The molecule has 1 aromatic heterocycles. The molecule has 4 heteroatoms. The van der Waals surface area contributed by atoms with Crippen LogP contribution in [-0.2, 0) is 0 Å². The van der Waals surface area contributed by atoms with Gasteiger partial charge in [0.2, 0.25) is 0 Å². The third-order valence-electron chi connectivity index (χ3n) is 7.40. The van der Waals surface area contributed by atoms with E-state index in [1.54, 1.807) is 17.7 Å². The molecule has 5 rings (SSSR count). The Bertz CT molecular complexity index is 1080. The molecule has 0 amide bonds. The molecule has 2 aromatic carbocycles. The summed E-state index contributed by atoms with van der Waals surface area (Å²) in [5.41, 5.74) is 6.68. The van der Waals surface area contributed by atoms with Crippen molar-refractivity contribution in [1.29, 1.82) is 0 Å². The largest absolute Gasteiger partial charge is 0.354 e. The van der Waals surface area contributed by atoms with Gasteiger partial charge in [-0.3, -0.25) is 4.90 Å². The van der Waals surface area contributed by atoms with Crippen molar-refractivity contribution >= 4 is 5.82 Å². The zero-order valence-corrected chi connectivity index (χ0v) is 22.8. The molecule has 3 aromatic rings. The molecule has 1 unspecified atom stereocenters. The van der Waals surface area contributed by atoms with Crippen LogP contribution in [0.4, 0.5) is 10.2 Å². The molecule has 1 saturated heterocycles. The van der Waals surface area contributed by atoms with Gasteiger partial charge in [-0.15, -0.1) is 0 Å². The lowest BCUT2D eigenvalue weighted by molar-refractivity contribution is 0.251. The standard InChI is InChI=1S/C27H32FN3.C6H10/c1-21-7-9-23(10-8-21)26(24-11-13-25(28)14-12-24)6-4-16-30-17-19-31(20-18-30)27-22(2)5-3-15-29-27;1-2-3-6-4-5-6/h3,5,7-15,26H,4,6,16-20H2,1-2H3;3H,2,4-5H2,1H3. The normalized spacial score (nSPS) is 16.1. The van der Waals surface area contributed by atoms with Crippen molar-refractivity contribution in [2.75, 3.05) is 37.6 Å². The van der Waals surface area contributed by atoms with Gasteiger partial charge in [0.15, 0.2) is 0 Å². The molecule has 1 aliphatic heterocycles. The molecular formula is C33H42FN3. The minimum absolute atomic E-state index is 0.174. The second kappa shape index (κ2) is 13.5. The van der Waals surface area contributed by atoms with Crippen LogP contribution in [0.3, 0.4) is 0 Å². The van der Waals surface area contributed by atoms with E-state index in [1.165, 1.54) is 41.5 Å². The molecule has 0 bridgehead atoms. The van der Waals surface area contributed by atoms with Crippen LogP contribution in [0.5, 0.6) is 0 Å². The van der Waals surface area contributed by atoms with E-state index in [0.29, 0.717) is 5.92 Å². The summed E-state index contributed by atoms with van der Waals surface area (Å²) in [7, 11) is 0. The Balaban J connectivity index is 0.000000469. The van der Waals surface area contributed by atoms with Gasteiger partial charge >= 0.3 is 0 Å². The van der Waals surface area contributed by atoms with E-state index in [-0.39, 0.29) is 5.82 Å². The van der Waals surface area contributed by atoms with Crippen molar-refractivity contribution in [1.82, 2.24) is 9.88 Å². The molecule has 1 atom stereocenters. The number of halogens is 1. The Morgan fingerprint density at radius 2 is 1.54 bits per heavy atom. The summed E-state index contributed by atoms with van der Waals surface area (Å²) in [5.74, 6) is 1.25. The number of benzene rings is 2. The van der Waals surface area contributed by atoms with Gasteiger partial charge < -0.3 is 4.90 Å². The minimum Gasteiger partial charge on any atom is -0.354 e. The highest BCUT2D eigenvalue weighted by Gasteiger charge is 2.20. The van der Waals surface area contributed by atoms with Gasteiger partial charge in [-0.25, -0.2) is 9.37 Å². The third kappa shape index (κ3) is 8.26. The monoisotopic (exact) mass is 499 g/mol. The molecule has 0 N–H and O–H groups in total. The van der Waals surface area contributed by atoms with Gasteiger partial charge in [-0.05, 0) is 87.4 Å². The smallest absolute Gasteiger partial charge is 0.131 e. The molecule has 1 saturated carbocycles. The number of allylic oxidation sites excluding steroid dienone is 2. The lowest BCUT2D eigenvalue weighted by Crippen LogP contribution is -2.47. The summed E-state index contributed by atoms with van der Waals surface area (Å²) >= 11 is 0. The zero-order chi connectivity index (χ0) is 26.0. The average Bonchev–Trinajstić information content (AvgIpc) is 3.74. The number of aromatic nitrogens is 1. The van der Waals surface area contributed by atoms with E-state index in [1.807, 2.05) is 24.4 Å². The molecule has 3 nitrogen and oxygen atoms in total. The predicted molar refractivity (Wildman–Crippen MR) is 154 cm³/mol. The van der Waals surface area contributed by atoms with E-state index in [9.17, 15) is 4.39 Å². The van der Waals surface area contributed by atoms with Crippen molar-refractivity contribution in [3.05, 3.63) is 107 Å². The van der Waals surface area contributed by atoms with E-state index in [2.05, 4.69) is 72.0 Å². The number of piperazine rings is 1. The SMILES string of the molecule is CCC=C1CC1.Cc1ccc(C(CCCN2CCN(c3ncccc3C)CC2)c2ccc(F)cc2)cc1. The molecule has 196 valence electrons. The Labute approximate surface area is 223 Å². The molecule has 1 aliphatic carbocycles. The summed E-state index contributed by atoms with van der Waals surface area (Å²) in [6, 6.07) is 20.0. The first-order valence-electron chi connectivity index (χ1n) is 13.9. The fourth-order valence-corrected chi connectivity index (χ4v) is 5.10. The highest BCUT2D eigenvalue weighted by atomic mass is 19.1. The van der Waals surface area contributed by atoms with Crippen molar-refractivity contribution in [2.24, 2.45) is 0 Å². The first-order valence-corrected chi connectivity index (χ1v) is 13.9. The highest BCUT2D eigenvalue weighted by Crippen LogP contribution is 2.30. The topological polar surface area (TPSA) is 19.4 Å². The first kappa shape index (κ1) is 27.1. The summed E-state index contributed by atoms with van der Waals surface area (Å²) in [6.45, 7) is 11.7. The Hall–Kier alpha value is -2.98. The van der Waals surface area contributed by atoms with Gasteiger partial charge in [0.1, 0.15) is 11.6 Å². The maximum atomic E-state index is 13.5. The maximum Gasteiger partial charge on any atom is 0.131 e. The molecular weight excluding hydrogens is 457 g/mol. The van der Waals surface area contributed by atoms with Crippen LogP contribution in [0.15, 0.2) is 78.5 Å². The zero-order valence-electron chi connectivity index (χ0n) is 22.8. The van der Waals surface area contributed by atoms with Crippen LogP contribution in [0.25, 0.3) is 0 Å². The minimum atomic E-state index is -0.174. The summed E-state index contributed by atoms with van der Waals surface area (Å²) < 4.78 is 13.5. The fourth-order valence-electron chi connectivity index (χ4n) is 5.10. The lowest BCUT2D eigenvalue weighted by atomic mass is 9.87. The van der Waals surface area contributed by atoms with Gasteiger partial charge in [-0.2, -0.15) is 0 Å². The maximum absolute atomic E-state index is 13.5. The molecule has 2 heterocycles.